The fraction of sp³-hybridized carbons (Fsp3) is 0.250. The highest BCUT2D eigenvalue weighted by atomic mass is 19.1. The van der Waals surface area contributed by atoms with Gasteiger partial charge in [0.15, 0.2) is 0 Å². The number of likely N-dealkylation sites (tertiary alicyclic amines) is 1. The number of carbonyl (C=O) groups excluding carboxylic acids is 2. The van der Waals surface area contributed by atoms with E-state index in [1.807, 2.05) is 13.8 Å². The van der Waals surface area contributed by atoms with E-state index >= 15 is 0 Å². The Morgan fingerprint density at radius 1 is 0.957 bits per heavy atom. The van der Waals surface area contributed by atoms with Crippen LogP contribution in [0.15, 0.2) is 90.2 Å². The number of halogens is 1. The Labute approximate surface area is 271 Å². The number of aromatic nitrogens is 3. The number of pyridine rings is 3. The van der Waals surface area contributed by atoms with E-state index in [1.165, 1.54) is 30.5 Å². The fourth-order valence-electron chi connectivity index (χ4n) is 5.47. The largest absolute Gasteiger partial charge is 0.457 e. The lowest BCUT2D eigenvalue weighted by atomic mass is 10.0. The second-order valence-corrected chi connectivity index (χ2v) is 12.0. The molecule has 2 amide bonds. The van der Waals surface area contributed by atoms with E-state index in [4.69, 9.17) is 4.74 Å². The molecule has 5 aromatic rings. The molecule has 4 heterocycles. The minimum Gasteiger partial charge on any atom is -0.457 e. The van der Waals surface area contributed by atoms with Crippen molar-refractivity contribution in [2.45, 2.75) is 38.8 Å². The summed E-state index contributed by atoms with van der Waals surface area (Å²) in [6.45, 7) is 5.74. The molecular weight excluding hydrogens is 599 g/mol. The lowest BCUT2D eigenvalue weighted by Gasteiger charge is -2.29. The smallest absolute Gasteiger partial charge is 0.270 e. The third-order valence-electron chi connectivity index (χ3n) is 8.26. The van der Waals surface area contributed by atoms with E-state index < -0.39 is 17.2 Å². The molecule has 2 aromatic carbocycles. The maximum atomic E-state index is 13.5. The van der Waals surface area contributed by atoms with Crippen LogP contribution in [0.1, 0.15) is 53.6 Å². The van der Waals surface area contributed by atoms with Crippen molar-refractivity contribution >= 4 is 28.4 Å². The first-order valence-electron chi connectivity index (χ1n) is 15.5. The van der Waals surface area contributed by atoms with Crippen molar-refractivity contribution in [2.24, 2.45) is 0 Å². The number of piperidine rings is 1. The van der Waals surface area contributed by atoms with Gasteiger partial charge in [0.25, 0.3) is 11.8 Å². The summed E-state index contributed by atoms with van der Waals surface area (Å²) in [6, 6.07) is 15.8. The summed E-state index contributed by atoms with van der Waals surface area (Å²) in [5, 5.41) is 6.52. The fourth-order valence-corrected chi connectivity index (χ4v) is 5.47. The monoisotopic (exact) mass is 634 g/mol. The SMILES string of the molecule is CC(C)n1cc(C(=O)Nc2ccc(Oc3ccnc4cnc(C(=O)NC5CCN(C)CC5)cc34)cc2)c(=O)c(-c2ccc(F)cc2)c1. The number of nitrogens with zero attached hydrogens (tertiary/aromatic N) is 4. The lowest BCUT2D eigenvalue weighted by Crippen LogP contribution is -2.43. The topological polar surface area (TPSA) is 118 Å². The van der Waals surface area contributed by atoms with Gasteiger partial charge in [0, 0.05) is 47.3 Å². The van der Waals surface area contributed by atoms with Crippen LogP contribution >= 0.6 is 0 Å². The standard InChI is InChI=1S/C36H35FN6O4/c1-22(2)43-20-29(23-4-6-24(37)7-5-23)34(44)30(21-43)35(45)40-25-8-10-27(11-9-25)47-33-12-15-38-32-19-39-31(18-28(32)33)36(46)41-26-13-16-42(3)17-14-26/h4-12,15,18-22,26H,13-14,16-17H2,1-3H3,(H,40,45)(H,41,46). The second kappa shape index (κ2) is 13.5. The summed E-state index contributed by atoms with van der Waals surface area (Å²) in [6.07, 6.45) is 8.14. The van der Waals surface area contributed by atoms with Crippen molar-refractivity contribution in [3.05, 3.63) is 113 Å². The summed E-state index contributed by atoms with van der Waals surface area (Å²) in [5.41, 5.74) is 1.66. The predicted molar refractivity (Wildman–Crippen MR) is 178 cm³/mol. The van der Waals surface area contributed by atoms with Gasteiger partial charge in [0.2, 0.25) is 5.43 Å². The summed E-state index contributed by atoms with van der Waals surface area (Å²) in [4.78, 5) is 50.6. The second-order valence-electron chi connectivity index (χ2n) is 12.0. The molecule has 0 aliphatic carbocycles. The Kier molecular flexibility index (Phi) is 9.08. The van der Waals surface area contributed by atoms with Gasteiger partial charge in [-0.2, -0.15) is 0 Å². The number of ether oxygens (including phenoxy) is 1. The van der Waals surface area contributed by atoms with Crippen LogP contribution in [0.4, 0.5) is 10.1 Å². The van der Waals surface area contributed by atoms with Gasteiger partial charge in [-0.25, -0.2) is 9.37 Å². The van der Waals surface area contributed by atoms with Crippen molar-refractivity contribution < 1.29 is 18.7 Å². The van der Waals surface area contributed by atoms with E-state index in [0.29, 0.717) is 39.2 Å². The van der Waals surface area contributed by atoms with Gasteiger partial charge < -0.3 is 24.8 Å². The van der Waals surface area contributed by atoms with E-state index in [-0.39, 0.29) is 29.2 Å². The van der Waals surface area contributed by atoms with Gasteiger partial charge in [-0.15, -0.1) is 0 Å². The van der Waals surface area contributed by atoms with E-state index in [0.717, 1.165) is 25.9 Å². The zero-order valence-electron chi connectivity index (χ0n) is 26.4. The quantitative estimate of drug-likeness (QED) is 0.213. The Morgan fingerprint density at radius 2 is 1.68 bits per heavy atom. The summed E-state index contributed by atoms with van der Waals surface area (Å²) in [7, 11) is 2.07. The number of anilines is 1. The van der Waals surface area contributed by atoms with E-state index in [1.54, 1.807) is 59.6 Å². The zero-order valence-corrected chi connectivity index (χ0v) is 26.4. The number of nitrogens with one attached hydrogen (secondary N) is 2. The molecule has 0 unspecified atom stereocenters. The first-order valence-corrected chi connectivity index (χ1v) is 15.5. The molecular formula is C36H35FN6O4. The van der Waals surface area contributed by atoms with Crippen molar-refractivity contribution in [1.82, 2.24) is 24.8 Å². The molecule has 6 rings (SSSR count). The molecule has 2 N–H and O–H groups in total. The number of amides is 2. The molecule has 0 atom stereocenters. The maximum absolute atomic E-state index is 13.5. The van der Waals surface area contributed by atoms with Crippen LogP contribution < -0.4 is 20.8 Å². The molecule has 1 saturated heterocycles. The Balaban J connectivity index is 1.18. The Bertz CT molecular complexity index is 1980. The summed E-state index contributed by atoms with van der Waals surface area (Å²) >= 11 is 0. The minimum atomic E-state index is -0.569. The molecule has 0 radical (unpaired) electrons. The average Bonchev–Trinajstić information content (AvgIpc) is 3.07. The molecule has 0 saturated carbocycles. The van der Waals surface area contributed by atoms with Crippen LogP contribution in [-0.2, 0) is 0 Å². The zero-order chi connectivity index (χ0) is 33.1. The highest BCUT2D eigenvalue weighted by Gasteiger charge is 2.21. The number of fused-ring (bicyclic) bond motifs is 1. The average molecular weight is 635 g/mol. The van der Waals surface area contributed by atoms with Crippen LogP contribution in [0.25, 0.3) is 22.0 Å². The maximum Gasteiger partial charge on any atom is 0.270 e. The first kappa shape index (κ1) is 31.6. The van der Waals surface area contributed by atoms with Crippen LogP contribution in [0.2, 0.25) is 0 Å². The molecule has 240 valence electrons. The number of carbonyl (C=O) groups is 2. The first-order chi connectivity index (χ1) is 22.6. The molecule has 1 aliphatic heterocycles. The summed E-state index contributed by atoms with van der Waals surface area (Å²) in [5.74, 6) is -0.233. The van der Waals surface area contributed by atoms with Crippen molar-refractivity contribution in [3.63, 3.8) is 0 Å². The number of rotatable bonds is 8. The highest BCUT2D eigenvalue weighted by Crippen LogP contribution is 2.30. The van der Waals surface area contributed by atoms with Gasteiger partial charge in [-0.05, 0) is 101 Å². The molecule has 1 aliphatic rings. The molecule has 47 heavy (non-hydrogen) atoms. The van der Waals surface area contributed by atoms with E-state index in [9.17, 15) is 18.8 Å². The summed E-state index contributed by atoms with van der Waals surface area (Å²) < 4.78 is 21.5. The lowest BCUT2D eigenvalue weighted by molar-refractivity contribution is 0.0911. The van der Waals surface area contributed by atoms with Crippen molar-refractivity contribution in [1.29, 1.82) is 0 Å². The number of hydrogen-bond donors (Lipinski definition) is 2. The van der Waals surface area contributed by atoms with Gasteiger partial charge in [-0.1, -0.05) is 12.1 Å². The molecule has 11 heteroatoms. The van der Waals surface area contributed by atoms with Crippen LogP contribution in [0.5, 0.6) is 11.5 Å². The number of benzene rings is 2. The minimum absolute atomic E-state index is 0.0255. The number of hydrogen-bond acceptors (Lipinski definition) is 7. The normalized spacial score (nSPS) is 13.9. The molecule has 0 spiro atoms. The third kappa shape index (κ3) is 7.20. The Hall–Kier alpha value is -5.42. The predicted octanol–water partition coefficient (Wildman–Crippen LogP) is 6.05. The molecule has 1 fully saturated rings. The molecule has 10 nitrogen and oxygen atoms in total. The van der Waals surface area contributed by atoms with Gasteiger partial charge in [0.1, 0.15) is 28.6 Å². The van der Waals surface area contributed by atoms with Gasteiger partial charge in [-0.3, -0.25) is 19.4 Å². The van der Waals surface area contributed by atoms with Crippen molar-refractivity contribution in [3.8, 4) is 22.6 Å². The highest BCUT2D eigenvalue weighted by molar-refractivity contribution is 6.04. The van der Waals surface area contributed by atoms with Gasteiger partial charge >= 0.3 is 0 Å². The third-order valence-corrected chi connectivity index (χ3v) is 8.26. The molecule has 3 aromatic heterocycles. The van der Waals surface area contributed by atoms with Gasteiger partial charge in [0.05, 0.1) is 11.7 Å². The van der Waals surface area contributed by atoms with Crippen LogP contribution in [0.3, 0.4) is 0 Å². The Morgan fingerprint density at radius 3 is 2.38 bits per heavy atom. The van der Waals surface area contributed by atoms with E-state index in [2.05, 4.69) is 32.5 Å². The van der Waals surface area contributed by atoms with Crippen molar-refractivity contribution in [2.75, 3.05) is 25.5 Å². The van der Waals surface area contributed by atoms with Crippen LogP contribution in [0, 0.1) is 5.82 Å². The molecule has 0 bridgehead atoms. The van der Waals surface area contributed by atoms with Crippen LogP contribution in [-0.4, -0.2) is 57.4 Å².